The quantitative estimate of drug-likeness (QED) is 0.224. The third-order valence-electron chi connectivity index (χ3n) is 7.27. The van der Waals surface area contributed by atoms with Gasteiger partial charge in [0.2, 0.25) is 6.41 Å². The largest absolute Gasteiger partial charge is 0.495 e. The molecule has 1 aromatic heterocycles. The van der Waals surface area contributed by atoms with Crippen LogP contribution in [0, 0.1) is 6.92 Å². The highest BCUT2D eigenvalue weighted by Gasteiger charge is 2.17. The lowest BCUT2D eigenvalue weighted by atomic mass is 10.2. The van der Waals surface area contributed by atoms with Gasteiger partial charge < -0.3 is 24.3 Å². The number of aromatic nitrogens is 1. The van der Waals surface area contributed by atoms with Crippen LogP contribution >= 0.6 is 0 Å². The van der Waals surface area contributed by atoms with Gasteiger partial charge in [-0.15, -0.1) is 0 Å². The fraction of sp³-hybridized carbons (Fsp3) is 0.382. The number of para-hydroxylation sites is 2. The van der Waals surface area contributed by atoms with Gasteiger partial charge in [-0.1, -0.05) is 60.7 Å². The lowest BCUT2D eigenvalue weighted by molar-refractivity contribution is -0.109. The van der Waals surface area contributed by atoms with Crippen LogP contribution in [-0.4, -0.2) is 80.9 Å². The van der Waals surface area contributed by atoms with E-state index >= 15 is 0 Å². The van der Waals surface area contributed by atoms with Crippen LogP contribution in [0.4, 0.5) is 4.39 Å². The van der Waals surface area contributed by atoms with E-state index in [2.05, 4.69) is 51.0 Å². The summed E-state index contributed by atoms with van der Waals surface area (Å²) in [6, 6.07) is 26.2. The molecule has 8 heteroatoms. The molecule has 1 fully saturated rings. The number of nitrogens with zero attached hydrogens (tertiary/aromatic N) is 3. The highest BCUT2D eigenvalue weighted by atomic mass is 19.1. The average molecular weight is 577 g/mol. The van der Waals surface area contributed by atoms with Crippen LogP contribution in [0.25, 0.3) is 10.9 Å². The average Bonchev–Trinajstić information content (AvgIpc) is 3.38. The Balaban J connectivity index is 0.000000340. The highest BCUT2D eigenvalue weighted by Crippen LogP contribution is 2.29. The molecule has 0 atom stereocenters. The number of halogens is 1. The van der Waals surface area contributed by atoms with Crippen molar-refractivity contribution in [1.29, 1.82) is 0 Å². The summed E-state index contributed by atoms with van der Waals surface area (Å²) in [7, 11) is 2.26. The Morgan fingerprint density at radius 3 is 2.12 bits per heavy atom. The van der Waals surface area contributed by atoms with Crippen molar-refractivity contribution in [2.75, 3.05) is 60.2 Å². The molecule has 4 aromatic rings. The van der Waals surface area contributed by atoms with Gasteiger partial charge in [-0.05, 0) is 49.2 Å². The van der Waals surface area contributed by atoms with Gasteiger partial charge >= 0.3 is 0 Å². The van der Waals surface area contributed by atoms with E-state index < -0.39 is 0 Å². The number of benzene rings is 3. The summed E-state index contributed by atoms with van der Waals surface area (Å²) < 4.78 is 23.3. The van der Waals surface area contributed by atoms with Gasteiger partial charge in [0.1, 0.15) is 18.1 Å². The number of hydrogen-bond donors (Lipinski definition) is 1. The summed E-state index contributed by atoms with van der Waals surface area (Å²) in [6.45, 7) is 11.2. The normalized spacial score (nSPS) is 13.3. The number of rotatable bonds is 12. The molecule has 0 spiro atoms. The predicted octanol–water partition coefficient (Wildman–Crippen LogP) is 5.56. The van der Waals surface area contributed by atoms with Crippen molar-refractivity contribution in [2.45, 2.75) is 26.4 Å². The lowest BCUT2D eigenvalue weighted by Gasteiger charge is -2.34. The first kappa shape index (κ1) is 32.6. The Bertz CT molecular complexity index is 1290. The maximum atomic E-state index is 9.87. The van der Waals surface area contributed by atoms with Crippen LogP contribution in [0.5, 0.6) is 11.5 Å². The van der Waals surface area contributed by atoms with E-state index in [9.17, 15) is 9.18 Å². The van der Waals surface area contributed by atoms with Crippen molar-refractivity contribution in [1.82, 2.24) is 19.7 Å². The molecule has 5 rings (SSSR count). The first-order valence-corrected chi connectivity index (χ1v) is 14.5. The maximum absolute atomic E-state index is 9.87. The van der Waals surface area contributed by atoms with Gasteiger partial charge in [0.25, 0.3) is 0 Å². The molecule has 7 nitrogen and oxygen atoms in total. The SMILES string of the molecule is CF.COc1cccc2c(C)cn(CCCN3CCN(CCOc4ccccc4)CC3)c12.O=CNCc1ccccc1. The number of aryl methyl sites for hydroxylation is 2. The van der Waals surface area contributed by atoms with Crippen molar-refractivity contribution in [3.05, 3.63) is 96.2 Å². The Hall–Kier alpha value is -3.88. The molecule has 226 valence electrons. The van der Waals surface area contributed by atoms with E-state index in [0.717, 1.165) is 75.9 Å². The second-order valence-corrected chi connectivity index (χ2v) is 10.0. The smallest absolute Gasteiger partial charge is 0.207 e. The van der Waals surface area contributed by atoms with Gasteiger partial charge in [0.05, 0.1) is 19.8 Å². The van der Waals surface area contributed by atoms with Crippen molar-refractivity contribution < 1.29 is 18.7 Å². The minimum atomic E-state index is 0.500. The third kappa shape index (κ3) is 10.2. The van der Waals surface area contributed by atoms with Gasteiger partial charge in [-0.2, -0.15) is 0 Å². The first-order chi connectivity index (χ1) is 20.7. The second-order valence-electron chi connectivity index (χ2n) is 10.0. The first-order valence-electron chi connectivity index (χ1n) is 14.5. The predicted molar refractivity (Wildman–Crippen MR) is 169 cm³/mol. The molecule has 1 amide bonds. The zero-order valence-corrected chi connectivity index (χ0v) is 25.2. The summed E-state index contributed by atoms with van der Waals surface area (Å²) in [5.41, 5.74) is 3.66. The molecule has 3 aromatic carbocycles. The zero-order chi connectivity index (χ0) is 30.0. The molecule has 0 bridgehead atoms. The van der Waals surface area contributed by atoms with Crippen LogP contribution in [-0.2, 0) is 17.9 Å². The van der Waals surface area contributed by atoms with Gasteiger partial charge in [0, 0.05) is 57.4 Å². The molecule has 0 radical (unpaired) electrons. The van der Waals surface area contributed by atoms with Crippen molar-refractivity contribution >= 4 is 17.3 Å². The second kappa shape index (κ2) is 18.5. The number of hydrogen-bond acceptors (Lipinski definition) is 5. The van der Waals surface area contributed by atoms with Gasteiger partial charge in [0.15, 0.2) is 0 Å². The number of nitrogens with one attached hydrogen (secondary N) is 1. The number of alkyl halides is 1. The molecule has 42 heavy (non-hydrogen) atoms. The number of piperazine rings is 1. The Labute approximate surface area is 249 Å². The molecular weight excluding hydrogens is 531 g/mol. The summed E-state index contributed by atoms with van der Waals surface area (Å²) in [6.07, 6.45) is 4.11. The third-order valence-corrected chi connectivity index (χ3v) is 7.27. The zero-order valence-electron chi connectivity index (χ0n) is 25.2. The molecule has 2 heterocycles. The Morgan fingerprint density at radius 1 is 0.833 bits per heavy atom. The number of carbonyl (C=O) groups excluding carboxylic acids is 1. The van der Waals surface area contributed by atoms with E-state index in [1.165, 1.54) is 16.5 Å². The van der Waals surface area contributed by atoms with E-state index in [1.54, 1.807) is 7.11 Å². The number of fused-ring (bicyclic) bond motifs is 1. The molecule has 0 unspecified atom stereocenters. The topological polar surface area (TPSA) is 59.0 Å². The van der Waals surface area contributed by atoms with E-state index in [-0.39, 0.29) is 0 Å². The molecule has 1 N–H and O–H groups in total. The number of amides is 1. The van der Waals surface area contributed by atoms with Crippen molar-refractivity contribution in [3.63, 3.8) is 0 Å². The highest BCUT2D eigenvalue weighted by molar-refractivity contribution is 5.89. The van der Waals surface area contributed by atoms with Crippen molar-refractivity contribution in [3.8, 4) is 11.5 Å². The number of ether oxygens (including phenoxy) is 2. The summed E-state index contributed by atoms with van der Waals surface area (Å²) in [5.74, 6) is 1.92. The van der Waals surface area contributed by atoms with Gasteiger partial charge in [-0.3, -0.25) is 14.1 Å². The maximum Gasteiger partial charge on any atom is 0.207 e. The Morgan fingerprint density at radius 2 is 1.48 bits per heavy atom. The standard InChI is InChI=1S/C25H33N3O2.C8H9NO.CH3F/c1-21-20-28(25-23(21)10-6-11-24(25)29-2)13-7-12-26-14-16-27(17-15-26)18-19-30-22-8-4-3-5-9-22;10-7-9-6-8-4-2-1-3-5-8;1-2/h3-6,8-11,20H,7,12-19H2,1-2H3;1-5,7H,6H2,(H,9,10);1H3. The number of carbonyl (C=O) groups is 1. The summed E-state index contributed by atoms with van der Waals surface area (Å²) in [4.78, 5) is 15.0. The molecule has 0 aliphatic carbocycles. The van der Waals surface area contributed by atoms with E-state index in [0.29, 0.717) is 20.1 Å². The Kier molecular flexibility index (Phi) is 14.4. The van der Waals surface area contributed by atoms with Crippen LogP contribution < -0.4 is 14.8 Å². The van der Waals surface area contributed by atoms with E-state index in [1.807, 2.05) is 60.7 Å². The monoisotopic (exact) mass is 576 g/mol. The van der Waals surface area contributed by atoms with Gasteiger partial charge in [-0.25, -0.2) is 0 Å². The van der Waals surface area contributed by atoms with E-state index in [4.69, 9.17) is 9.47 Å². The molecule has 1 aliphatic rings. The van der Waals surface area contributed by atoms with Crippen LogP contribution in [0.1, 0.15) is 17.5 Å². The number of methoxy groups -OCH3 is 1. The fourth-order valence-electron chi connectivity index (χ4n) is 5.11. The molecular formula is C34H45FN4O3. The van der Waals surface area contributed by atoms with Crippen LogP contribution in [0.15, 0.2) is 85.1 Å². The lowest BCUT2D eigenvalue weighted by Crippen LogP contribution is -2.47. The molecule has 1 aliphatic heterocycles. The molecule has 0 saturated carbocycles. The minimum absolute atomic E-state index is 0.500. The molecule has 1 saturated heterocycles. The van der Waals surface area contributed by atoms with Crippen LogP contribution in [0.3, 0.4) is 0 Å². The fourth-order valence-corrected chi connectivity index (χ4v) is 5.11. The van der Waals surface area contributed by atoms with Crippen molar-refractivity contribution in [2.24, 2.45) is 0 Å². The minimum Gasteiger partial charge on any atom is -0.495 e. The summed E-state index contributed by atoms with van der Waals surface area (Å²) >= 11 is 0. The van der Waals surface area contributed by atoms with Crippen LogP contribution in [0.2, 0.25) is 0 Å². The summed E-state index contributed by atoms with van der Waals surface area (Å²) in [5, 5.41) is 3.88.